The molecule has 1 unspecified atom stereocenters. The van der Waals surface area contributed by atoms with Gasteiger partial charge in [0.15, 0.2) is 0 Å². The number of nitrogens with zero attached hydrogens (tertiary/aromatic N) is 1. The highest BCUT2D eigenvalue weighted by Crippen LogP contribution is 2.46. The molecule has 0 spiro atoms. The lowest BCUT2D eigenvalue weighted by Crippen LogP contribution is -2.60. The third kappa shape index (κ3) is 2.47. The fraction of sp³-hybridized carbons (Fsp3) is 1.00. The van der Waals surface area contributed by atoms with Gasteiger partial charge in [-0.05, 0) is 36.5 Å². The SMILES string of the molecule is CC(C)[Si](C)(N1CCCCC1)C(C)(C)C. The molecule has 0 amide bonds. The Hall–Kier alpha value is 0.177. The lowest BCUT2D eigenvalue weighted by atomic mass is 10.2. The van der Waals surface area contributed by atoms with Gasteiger partial charge in [0.1, 0.15) is 8.24 Å². The first-order valence-corrected chi connectivity index (χ1v) is 9.07. The Labute approximate surface area is 97.3 Å². The molecule has 15 heavy (non-hydrogen) atoms. The van der Waals surface area contributed by atoms with Gasteiger partial charge in [-0.2, -0.15) is 0 Å². The van der Waals surface area contributed by atoms with Crippen LogP contribution in [0.4, 0.5) is 0 Å². The van der Waals surface area contributed by atoms with Crippen molar-refractivity contribution in [2.75, 3.05) is 13.1 Å². The lowest BCUT2D eigenvalue weighted by Gasteiger charge is -2.52. The summed E-state index contributed by atoms with van der Waals surface area (Å²) < 4.78 is 2.88. The standard InChI is InChI=1S/C13H29NSi/c1-12(2)15(6,13(3,4)5)14-10-8-7-9-11-14/h12H,7-11H2,1-6H3. The van der Waals surface area contributed by atoms with Crippen LogP contribution >= 0.6 is 0 Å². The van der Waals surface area contributed by atoms with Crippen LogP contribution in [-0.2, 0) is 0 Å². The lowest BCUT2D eigenvalue weighted by molar-refractivity contribution is 0.322. The van der Waals surface area contributed by atoms with Crippen molar-refractivity contribution in [1.82, 2.24) is 4.57 Å². The van der Waals surface area contributed by atoms with Crippen molar-refractivity contribution in [3.05, 3.63) is 0 Å². The maximum absolute atomic E-state index is 2.88. The summed E-state index contributed by atoms with van der Waals surface area (Å²) in [6, 6.07) is 0. The third-order valence-corrected chi connectivity index (χ3v) is 11.7. The molecule has 1 heterocycles. The van der Waals surface area contributed by atoms with E-state index in [1.54, 1.807) is 0 Å². The van der Waals surface area contributed by atoms with Crippen molar-refractivity contribution in [2.24, 2.45) is 0 Å². The summed E-state index contributed by atoms with van der Waals surface area (Å²) in [7, 11) is -1.29. The molecule has 0 aliphatic carbocycles. The van der Waals surface area contributed by atoms with E-state index in [2.05, 4.69) is 45.7 Å². The minimum atomic E-state index is -1.29. The molecule has 1 aliphatic rings. The fourth-order valence-electron chi connectivity index (χ4n) is 3.06. The van der Waals surface area contributed by atoms with E-state index in [9.17, 15) is 0 Å². The summed E-state index contributed by atoms with van der Waals surface area (Å²) in [5.74, 6) is 0. The van der Waals surface area contributed by atoms with Crippen molar-refractivity contribution in [1.29, 1.82) is 0 Å². The van der Waals surface area contributed by atoms with Crippen LogP contribution in [0.1, 0.15) is 53.9 Å². The molecule has 90 valence electrons. The molecule has 0 aromatic carbocycles. The van der Waals surface area contributed by atoms with Crippen LogP contribution in [0.25, 0.3) is 0 Å². The highest BCUT2D eigenvalue weighted by atomic mass is 28.3. The monoisotopic (exact) mass is 227 g/mol. The van der Waals surface area contributed by atoms with Gasteiger partial charge in [-0.1, -0.05) is 47.6 Å². The summed E-state index contributed by atoms with van der Waals surface area (Å²) in [5.41, 5.74) is 0.857. The molecule has 1 nitrogen and oxygen atoms in total. The van der Waals surface area contributed by atoms with Gasteiger partial charge in [-0.3, -0.25) is 0 Å². The zero-order valence-electron chi connectivity index (χ0n) is 11.6. The van der Waals surface area contributed by atoms with Crippen LogP contribution < -0.4 is 0 Å². The topological polar surface area (TPSA) is 3.24 Å². The van der Waals surface area contributed by atoms with Gasteiger partial charge in [0.25, 0.3) is 0 Å². The van der Waals surface area contributed by atoms with Gasteiger partial charge in [0.2, 0.25) is 0 Å². The van der Waals surface area contributed by atoms with E-state index in [0.29, 0.717) is 5.04 Å². The Kier molecular flexibility index (Phi) is 4.05. The summed E-state index contributed by atoms with van der Waals surface area (Å²) in [5, 5.41) is 0.499. The molecule has 0 aromatic heterocycles. The van der Waals surface area contributed by atoms with Crippen LogP contribution in [0, 0.1) is 0 Å². The Morgan fingerprint density at radius 1 is 1.00 bits per heavy atom. The van der Waals surface area contributed by atoms with E-state index in [0.717, 1.165) is 5.54 Å². The van der Waals surface area contributed by atoms with Crippen LogP contribution in [-0.4, -0.2) is 25.9 Å². The maximum atomic E-state index is 2.88. The van der Waals surface area contributed by atoms with Crippen molar-refractivity contribution in [3.63, 3.8) is 0 Å². The molecule has 1 rings (SSSR count). The van der Waals surface area contributed by atoms with Crippen molar-refractivity contribution in [2.45, 2.75) is 71.0 Å². The van der Waals surface area contributed by atoms with Crippen molar-refractivity contribution >= 4 is 8.24 Å². The number of hydrogen-bond acceptors (Lipinski definition) is 1. The first kappa shape index (κ1) is 13.2. The predicted molar refractivity (Wildman–Crippen MR) is 71.9 cm³/mol. The molecule has 0 radical (unpaired) electrons. The van der Waals surface area contributed by atoms with Crippen LogP contribution in [0.2, 0.25) is 17.1 Å². The quantitative estimate of drug-likeness (QED) is 0.637. The van der Waals surface area contributed by atoms with Crippen molar-refractivity contribution < 1.29 is 0 Å². The van der Waals surface area contributed by atoms with Gasteiger partial charge >= 0.3 is 0 Å². The van der Waals surface area contributed by atoms with Crippen molar-refractivity contribution in [3.8, 4) is 0 Å². The zero-order valence-corrected chi connectivity index (χ0v) is 12.6. The average Bonchev–Trinajstić information content (AvgIpc) is 2.16. The molecule has 1 fully saturated rings. The summed E-state index contributed by atoms with van der Waals surface area (Å²) in [6.45, 7) is 17.5. The van der Waals surface area contributed by atoms with Gasteiger partial charge in [-0.15, -0.1) is 0 Å². The normalized spacial score (nSPS) is 24.2. The van der Waals surface area contributed by atoms with Crippen LogP contribution in [0.15, 0.2) is 0 Å². The molecule has 0 saturated carbocycles. The van der Waals surface area contributed by atoms with E-state index in [4.69, 9.17) is 0 Å². The minimum absolute atomic E-state index is 0.499. The molecule has 0 N–H and O–H groups in total. The van der Waals surface area contributed by atoms with Gasteiger partial charge < -0.3 is 4.57 Å². The first-order chi connectivity index (χ1) is 6.80. The smallest absolute Gasteiger partial charge is 0.133 e. The largest absolute Gasteiger partial charge is 0.323 e. The van der Waals surface area contributed by atoms with Crippen LogP contribution in [0.5, 0.6) is 0 Å². The van der Waals surface area contributed by atoms with E-state index >= 15 is 0 Å². The molecular formula is C13H29NSi. The highest BCUT2D eigenvalue weighted by Gasteiger charge is 2.47. The fourth-order valence-corrected chi connectivity index (χ4v) is 7.72. The minimum Gasteiger partial charge on any atom is -0.323 e. The molecule has 1 saturated heterocycles. The molecule has 0 aromatic rings. The number of hydrogen-bond donors (Lipinski definition) is 0. The van der Waals surface area contributed by atoms with E-state index < -0.39 is 8.24 Å². The Bertz CT molecular complexity index is 201. The molecular weight excluding hydrogens is 198 g/mol. The summed E-state index contributed by atoms with van der Waals surface area (Å²) >= 11 is 0. The number of piperidine rings is 1. The van der Waals surface area contributed by atoms with E-state index in [1.807, 2.05) is 0 Å². The van der Waals surface area contributed by atoms with E-state index in [-0.39, 0.29) is 0 Å². The molecule has 1 atom stereocenters. The Morgan fingerprint density at radius 2 is 1.47 bits per heavy atom. The predicted octanol–water partition coefficient (Wildman–Crippen LogP) is 4.26. The first-order valence-electron chi connectivity index (χ1n) is 6.55. The highest BCUT2D eigenvalue weighted by molar-refractivity contribution is 6.80. The second-order valence-electron chi connectivity index (χ2n) is 6.60. The van der Waals surface area contributed by atoms with Gasteiger partial charge in [0, 0.05) is 0 Å². The van der Waals surface area contributed by atoms with Gasteiger partial charge in [0.05, 0.1) is 0 Å². The Balaban J connectivity index is 2.89. The van der Waals surface area contributed by atoms with Crippen LogP contribution in [0.3, 0.4) is 0 Å². The number of rotatable bonds is 2. The summed E-state index contributed by atoms with van der Waals surface area (Å²) in [4.78, 5) is 0. The van der Waals surface area contributed by atoms with Gasteiger partial charge in [-0.25, -0.2) is 0 Å². The Morgan fingerprint density at radius 3 is 1.80 bits per heavy atom. The van der Waals surface area contributed by atoms with E-state index in [1.165, 1.54) is 32.4 Å². The molecule has 1 aliphatic heterocycles. The summed E-state index contributed by atoms with van der Waals surface area (Å²) in [6.07, 6.45) is 4.29. The second-order valence-corrected chi connectivity index (χ2v) is 12.2. The molecule has 2 heteroatoms. The molecule has 0 bridgehead atoms. The maximum Gasteiger partial charge on any atom is 0.133 e. The zero-order chi connectivity index (χ0) is 11.7. The average molecular weight is 227 g/mol. The third-order valence-electron chi connectivity index (χ3n) is 4.66. The second kappa shape index (κ2) is 4.58.